The van der Waals surface area contributed by atoms with Crippen LogP contribution in [0.25, 0.3) is 11.2 Å². The molecule has 1 aliphatic rings. The number of thioether (sulfide) groups is 1. The largest absolute Gasteiger partial charge is 0.369 e. The Kier molecular flexibility index (Phi) is 3.90. The Morgan fingerprint density at radius 3 is 2.90 bits per heavy atom. The minimum Gasteiger partial charge on any atom is -0.369 e. The number of aromatic nitrogens is 4. The van der Waals surface area contributed by atoms with Crippen LogP contribution in [-0.4, -0.2) is 45.2 Å². The monoisotopic (exact) mass is 297 g/mol. The Hall–Kier alpha value is -1.58. The Morgan fingerprint density at radius 2 is 2.10 bits per heavy atom. The normalized spacial score (nSPS) is 16.8. The second-order valence-corrected chi connectivity index (χ2v) is 5.44. The van der Waals surface area contributed by atoms with Crippen molar-refractivity contribution >= 4 is 28.9 Å². The predicted molar refractivity (Wildman–Crippen MR) is 74.6 cm³/mol. The third-order valence-electron chi connectivity index (χ3n) is 2.85. The molecule has 0 aromatic carbocycles. The topological polar surface area (TPSA) is 119 Å². The standard InChI is InChI=1S/C11H15N5O3S/c12-10-14-8-7(9(17)16-10)13-11(15-8)20-5-2-6-18-3-1-4-19-6/h6H,1-5H2,(H4,12,13,14,15,16,17). The Morgan fingerprint density at radius 1 is 1.30 bits per heavy atom. The summed E-state index contributed by atoms with van der Waals surface area (Å²) >= 11 is 1.49. The number of anilines is 1. The average molecular weight is 297 g/mol. The molecule has 0 radical (unpaired) electrons. The van der Waals surface area contributed by atoms with E-state index in [1.807, 2.05) is 0 Å². The maximum atomic E-state index is 11.6. The summed E-state index contributed by atoms with van der Waals surface area (Å²) in [6, 6.07) is 0. The minimum absolute atomic E-state index is 0.0644. The van der Waals surface area contributed by atoms with E-state index in [-0.39, 0.29) is 17.8 Å². The second kappa shape index (κ2) is 5.81. The number of aromatic amines is 2. The first-order chi connectivity index (χ1) is 9.72. The third kappa shape index (κ3) is 2.94. The molecule has 9 heteroatoms. The molecule has 0 atom stereocenters. The molecule has 1 fully saturated rings. The van der Waals surface area contributed by atoms with Crippen molar-refractivity contribution in [2.24, 2.45) is 0 Å². The molecule has 3 heterocycles. The van der Waals surface area contributed by atoms with Gasteiger partial charge in [0.25, 0.3) is 5.56 Å². The zero-order valence-corrected chi connectivity index (χ0v) is 11.5. The van der Waals surface area contributed by atoms with Gasteiger partial charge in [0.15, 0.2) is 22.6 Å². The molecule has 1 aliphatic heterocycles. The molecule has 4 N–H and O–H groups in total. The van der Waals surface area contributed by atoms with Crippen molar-refractivity contribution < 1.29 is 9.47 Å². The number of nitrogens with two attached hydrogens (primary N) is 1. The van der Waals surface area contributed by atoms with Gasteiger partial charge in [-0.15, -0.1) is 0 Å². The maximum absolute atomic E-state index is 11.6. The highest BCUT2D eigenvalue weighted by molar-refractivity contribution is 7.99. The SMILES string of the molecule is Nc1nc2nc(SCCC3OCCCO3)[nH]c2c(=O)[nH]1. The number of H-pyrrole nitrogens is 2. The molecule has 2 aromatic rings. The van der Waals surface area contributed by atoms with Crippen LogP contribution in [0.4, 0.5) is 5.95 Å². The molecule has 0 aliphatic carbocycles. The van der Waals surface area contributed by atoms with E-state index in [1.54, 1.807) is 0 Å². The van der Waals surface area contributed by atoms with E-state index in [0.717, 1.165) is 31.8 Å². The number of nitrogens with one attached hydrogen (secondary N) is 2. The number of ether oxygens (including phenoxy) is 2. The predicted octanol–water partition coefficient (Wildman–Crippen LogP) is 0.474. The van der Waals surface area contributed by atoms with Crippen LogP contribution in [0.5, 0.6) is 0 Å². The van der Waals surface area contributed by atoms with Crippen LogP contribution < -0.4 is 11.3 Å². The fraction of sp³-hybridized carbons (Fsp3) is 0.545. The first kappa shape index (κ1) is 13.4. The van der Waals surface area contributed by atoms with Crippen LogP contribution in [0.1, 0.15) is 12.8 Å². The number of rotatable bonds is 4. The van der Waals surface area contributed by atoms with Gasteiger partial charge in [0.1, 0.15) is 0 Å². The van der Waals surface area contributed by atoms with Gasteiger partial charge in [-0.2, -0.15) is 4.98 Å². The number of hydrogen-bond acceptors (Lipinski definition) is 7. The van der Waals surface area contributed by atoms with Crippen molar-refractivity contribution in [2.75, 3.05) is 24.7 Å². The third-order valence-corrected chi connectivity index (χ3v) is 3.75. The van der Waals surface area contributed by atoms with Gasteiger partial charge in [-0.3, -0.25) is 9.78 Å². The number of fused-ring (bicyclic) bond motifs is 1. The highest BCUT2D eigenvalue weighted by Gasteiger charge is 2.15. The minimum atomic E-state index is -0.314. The molecule has 0 bridgehead atoms. The van der Waals surface area contributed by atoms with E-state index in [2.05, 4.69) is 19.9 Å². The van der Waals surface area contributed by atoms with Crippen LogP contribution in [0.3, 0.4) is 0 Å². The Balaban J connectivity index is 1.63. The molecule has 3 rings (SSSR count). The van der Waals surface area contributed by atoms with E-state index in [1.165, 1.54) is 11.8 Å². The van der Waals surface area contributed by atoms with Gasteiger partial charge in [-0.1, -0.05) is 11.8 Å². The summed E-state index contributed by atoms with van der Waals surface area (Å²) in [7, 11) is 0. The molecule has 0 spiro atoms. The molecule has 1 saturated heterocycles. The van der Waals surface area contributed by atoms with Crippen molar-refractivity contribution in [1.29, 1.82) is 0 Å². The highest BCUT2D eigenvalue weighted by Crippen LogP contribution is 2.19. The van der Waals surface area contributed by atoms with Crippen LogP contribution in [-0.2, 0) is 9.47 Å². The Bertz CT molecular complexity index is 649. The van der Waals surface area contributed by atoms with Gasteiger partial charge < -0.3 is 20.2 Å². The lowest BCUT2D eigenvalue weighted by Gasteiger charge is -2.22. The number of imidazole rings is 1. The van der Waals surface area contributed by atoms with Crippen molar-refractivity contribution in [3.05, 3.63) is 10.4 Å². The van der Waals surface area contributed by atoms with Gasteiger partial charge in [0, 0.05) is 12.2 Å². The van der Waals surface area contributed by atoms with Crippen molar-refractivity contribution in [3.63, 3.8) is 0 Å². The van der Waals surface area contributed by atoms with Crippen LogP contribution >= 0.6 is 11.8 Å². The molecule has 0 saturated carbocycles. The molecule has 108 valence electrons. The van der Waals surface area contributed by atoms with E-state index in [4.69, 9.17) is 15.2 Å². The van der Waals surface area contributed by atoms with E-state index in [0.29, 0.717) is 16.3 Å². The maximum Gasteiger partial charge on any atom is 0.278 e. The fourth-order valence-corrected chi connectivity index (χ4v) is 2.76. The summed E-state index contributed by atoms with van der Waals surface area (Å²) < 4.78 is 10.9. The zero-order valence-electron chi connectivity index (χ0n) is 10.7. The first-order valence-corrected chi connectivity index (χ1v) is 7.32. The summed E-state index contributed by atoms with van der Waals surface area (Å²) in [5.41, 5.74) is 5.83. The van der Waals surface area contributed by atoms with Gasteiger partial charge in [0.2, 0.25) is 5.95 Å². The van der Waals surface area contributed by atoms with Crippen molar-refractivity contribution in [2.45, 2.75) is 24.3 Å². The quantitative estimate of drug-likeness (QED) is 0.702. The lowest BCUT2D eigenvalue weighted by molar-refractivity contribution is -0.178. The van der Waals surface area contributed by atoms with Gasteiger partial charge in [0.05, 0.1) is 13.2 Å². The number of nitrogen functional groups attached to an aromatic ring is 1. The van der Waals surface area contributed by atoms with E-state index >= 15 is 0 Å². The van der Waals surface area contributed by atoms with Gasteiger partial charge in [-0.05, 0) is 6.42 Å². The fourth-order valence-electron chi connectivity index (χ4n) is 1.93. The molecule has 2 aromatic heterocycles. The zero-order chi connectivity index (χ0) is 13.9. The van der Waals surface area contributed by atoms with Crippen molar-refractivity contribution in [1.82, 2.24) is 19.9 Å². The summed E-state index contributed by atoms with van der Waals surface area (Å²) in [4.78, 5) is 25.2. The second-order valence-electron chi connectivity index (χ2n) is 4.35. The number of nitrogens with zero attached hydrogens (tertiary/aromatic N) is 2. The summed E-state index contributed by atoms with van der Waals surface area (Å²) in [6.07, 6.45) is 1.58. The molecule has 20 heavy (non-hydrogen) atoms. The smallest absolute Gasteiger partial charge is 0.278 e. The molecule has 0 amide bonds. The van der Waals surface area contributed by atoms with Crippen LogP contribution in [0.15, 0.2) is 9.95 Å². The van der Waals surface area contributed by atoms with Crippen LogP contribution in [0.2, 0.25) is 0 Å². The van der Waals surface area contributed by atoms with E-state index < -0.39 is 0 Å². The molecule has 8 nitrogen and oxygen atoms in total. The van der Waals surface area contributed by atoms with Crippen LogP contribution in [0, 0.1) is 0 Å². The summed E-state index contributed by atoms with van der Waals surface area (Å²) in [6.45, 7) is 1.50. The summed E-state index contributed by atoms with van der Waals surface area (Å²) in [5, 5.41) is 0.638. The average Bonchev–Trinajstić information content (AvgIpc) is 2.83. The first-order valence-electron chi connectivity index (χ1n) is 6.34. The van der Waals surface area contributed by atoms with E-state index in [9.17, 15) is 4.79 Å². The number of hydrogen-bond donors (Lipinski definition) is 3. The van der Waals surface area contributed by atoms with Gasteiger partial charge >= 0.3 is 0 Å². The lowest BCUT2D eigenvalue weighted by Crippen LogP contribution is -2.25. The highest BCUT2D eigenvalue weighted by atomic mass is 32.2. The molecule has 0 unspecified atom stereocenters. The Labute approximate surface area is 118 Å². The molecular formula is C11H15N5O3S. The molecular weight excluding hydrogens is 282 g/mol. The lowest BCUT2D eigenvalue weighted by atomic mass is 10.4. The van der Waals surface area contributed by atoms with Gasteiger partial charge in [-0.25, -0.2) is 4.98 Å². The van der Waals surface area contributed by atoms with Crippen molar-refractivity contribution in [3.8, 4) is 0 Å². The summed E-state index contributed by atoms with van der Waals surface area (Å²) in [5.74, 6) is 0.840.